The van der Waals surface area contributed by atoms with Gasteiger partial charge in [-0.3, -0.25) is 4.79 Å². The first-order chi connectivity index (χ1) is 9.60. The molecule has 0 heterocycles. The van der Waals surface area contributed by atoms with E-state index in [9.17, 15) is 4.79 Å². The summed E-state index contributed by atoms with van der Waals surface area (Å²) in [5.74, 6) is 0.0193. The Morgan fingerprint density at radius 3 is 1.95 bits per heavy atom. The molecule has 0 fully saturated rings. The van der Waals surface area contributed by atoms with Crippen LogP contribution in [0.2, 0.25) is 0 Å². The second-order valence-electron chi connectivity index (χ2n) is 4.99. The first-order valence-electron chi connectivity index (χ1n) is 7.35. The molecule has 110 valence electrons. The van der Waals surface area contributed by atoms with E-state index in [1.54, 1.807) is 24.3 Å². The first kappa shape index (κ1) is 16.7. The predicted octanol–water partition coefficient (Wildman–Crippen LogP) is 1.41. The first-order valence-corrected chi connectivity index (χ1v) is 7.35. The van der Waals surface area contributed by atoms with Gasteiger partial charge in [-0.2, -0.15) is 0 Å². The molecule has 0 bridgehead atoms. The molecule has 2 N–H and O–H groups in total. The zero-order valence-corrected chi connectivity index (χ0v) is 12.4. The van der Waals surface area contributed by atoms with Gasteiger partial charge in [0, 0.05) is 18.7 Å². The van der Waals surface area contributed by atoms with Gasteiger partial charge in [-0.1, -0.05) is 38.8 Å². The fourth-order valence-corrected chi connectivity index (χ4v) is 1.99. The monoisotopic (exact) mass is 277 g/mol. The van der Waals surface area contributed by atoms with E-state index in [1.165, 1.54) is 0 Å². The summed E-state index contributed by atoms with van der Waals surface area (Å²) in [6.45, 7) is 5.78. The second-order valence-corrected chi connectivity index (χ2v) is 4.99. The van der Waals surface area contributed by atoms with Crippen molar-refractivity contribution in [2.45, 2.75) is 39.5 Å². The van der Waals surface area contributed by atoms with Crippen molar-refractivity contribution in [1.82, 2.24) is 4.90 Å². The van der Waals surface area contributed by atoms with E-state index in [1.807, 2.05) is 4.90 Å². The van der Waals surface area contributed by atoms with E-state index in [0.717, 1.165) is 38.8 Å². The number of amides is 1. The number of carbonyl (C=O) groups is 1. The number of benzene rings is 1. The minimum Gasteiger partial charge on any atom is -0.423 e. The lowest BCUT2D eigenvalue weighted by molar-refractivity contribution is 0.0751. The van der Waals surface area contributed by atoms with E-state index in [4.69, 9.17) is 10.0 Å². The average molecular weight is 277 g/mol. The van der Waals surface area contributed by atoms with Crippen LogP contribution < -0.4 is 5.46 Å². The minimum absolute atomic E-state index is 0.0193. The summed E-state index contributed by atoms with van der Waals surface area (Å²) >= 11 is 0. The van der Waals surface area contributed by atoms with Crippen LogP contribution in [0, 0.1) is 0 Å². The highest BCUT2D eigenvalue weighted by atomic mass is 16.4. The normalized spacial score (nSPS) is 10.4. The Morgan fingerprint density at radius 1 is 1.05 bits per heavy atom. The Bertz CT molecular complexity index is 398. The molecule has 0 aliphatic carbocycles. The van der Waals surface area contributed by atoms with Gasteiger partial charge in [0.2, 0.25) is 0 Å². The van der Waals surface area contributed by atoms with Gasteiger partial charge in [-0.15, -0.1) is 0 Å². The van der Waals surface area contributed by atoms with Gasteiger partial charge in [0.15, 0.2) is 0 Å². The highest BCUT2D eigenvalue weighted by molar-refractivity contribution is 6.58. The molecule has 1 rings (SSSR count). The lowest BCUT2D eigenvalue weighted by Crippen LogP contribution is -2.34. The standard InChI is InChI=1S/C15H24BNO3/c1-3-5-11-17(12-6-4-2)15(18)13-7-9-14(10-8-13)16(19)20/h7-10,19-20H,3-6,11-12H2,1-2H3. The molecule has 1 amide bonds. The van der Waals surface area contributed by atoms with E-state index >= 15 is 0 Å². The molecule has 0 spiro atoms. The SMILES string of the molecule is CCCCN(CCCC)C(=O)c1ccc(B(O)O)cc1. The fraction of sp³-hybridized carbons (Fsp3) is 0.533. The zero-order valence-electron chi connectivity index (χ0n) is 12.4. The van der Waals surface area contributed by atoms with Crippen molar-refractivity contribution in [3.63, 3.8) is 0 Å². The van der Waals surface area contributed by atoms with Crippen molar-refractivity contribution >= 4 is 18.5 Å². The molecule has 1 aromatic carbocycles. The maximum Gasteiger partial charge on any atom is 0.488 e. The van der Waals surface area contributed by atoms with Gasteiger partial charge in [0.1, 0.15) is 0 Å². The van der Waals surface area contributed by atoms with Gasteiger partial charge in [-0.25, -0.2) is 0 Å². The maximum atomic E-state index is 12.4. The van der Waals surface area contributed by atoms with Crippen molar-refractivity contribution in [2.24, 2.45) is 0 Å². The van der Waals surface area contributed by atoms with Crippen LogP contribution in [0.15, 0.2) is 24.3 Å². The Morgan fingerprint density at radius 2 is 1.55 bits per heavy atom. The average Bonchev–Trinajstić information content (AvgIpc) is 2.47. The van der Waals surface area contributed by atoms with Crippen LogP contribution >= 0.6 is 0 Å². The summed E-state index contributed by atoms with van der Waals surface area (Å²) in [4.78, 5) is 14.3. The molecule has 0 aliphatic heterocycles. The molecule has 0 aliphatic rings. The molecule has 0 unspecified atom stereocenters. The zero-order chi connectivity index (χ0) is 15.0. The Hall–Kier alpha value is -1.33. The molecule has 5 heteroatoms. The number of carbonyl (C=O) groups excluding carboxylic acids is 1. The number of nitrogens with zero attached hydrogens (tertiary/aromatic N) is 1. The molecule has 0 radical (unpaired) electrons. The molecule has 20 heavy (non-hydrogen) atoms. The molecule has 0 aromatic heterocycles. The highest BCUT2D eigenvalue weighted by Gasteiger charge is 2.16. The Kier molecular flexibility index (Phi) is 7.33. The van der Waals surface area contributed by atoms with E-state index in [2.05, 4.69) is 13.8 Å². The van der Waals surface area contributed by atoms with Crippen LogP contribution in [0.25, 0.3) is 0 Å². The maximum absolute atomic E-state index is 12.4. The van der Waals surface area contributed by atoms with E-state index in [0.29, 0.717) is 11.0 Å². The van der Waals surface area contributed by atoms with Crippen LogP contribution in [0.4, 0.5) is 0 Å². The third kappa shape index (κ3) is 4.98. The Balaban J connectivity index is 2.76. The summed E-state index contributed by atoms with van der Waals surface area (Å²) in [6, 6.07) is 6.47. The van der Waals surface area contributed by atoms with Gasteiger partial charge in [0.25, 0.3) is 5.91 Å². The summed E-state index contributed by atoms with van der Waals surface area (Å²) in [6.07, 6.45) is 4.13. The fourth-order valence-electron chi connectivity index (χ4n) is 1.99. The number of rotatable bonds is 8. The van der Waals surface area contributed by atoms with E-state index < -0.39 is 7.12 Å². The summed E-state index contributed by atoms with van der Waals surface area (Å²) in [5, 5.41) is 18.1. The second kappa shape index (κ2) is 8.77. The van der Waals surface area contributed by atoms with Crippen molar-refractivity contribution < 1.29 is 14.8 Å². The molecule has 0 saturated heterocycles. The van der Waals surface area contributed by atoms with Gasteiger partial charge in [-0.05, 0) is 30.4 Å². The third-order valence-electron chi connectivity index (χ3n) is 3.31. The molecule has 0 saturated carbocycles. The number of hydrogen-bond donors (Lipinski definition) is 2. The van der Waals surface area contributed by atoms with Crippen molar-refractivity contribution in [1.29, 1.82) is 0 Å². The van der Waals surface area contributed by atoms with E-state index in [-0.39, 0.29) is 5.91 Å². The van der Waals surface area contributed by atoms with Crippen molar-refractivity contribution in [2.75, 3.05) is 13.1 Å². The van der Waals surface area contributed by atoms with Crippen molar-refractivity contribution in [3.05, 3.63) is 29.8 Å². The van der Waals surface area contributed by atoms with Gasteiger partial charge in [0.05, 0.1) is 0 Å². The van der Waals surface area contributed by atoms with Crippen LogP contribution in [0.1, 0.15) is 49.9 Å². The number of hydrogen-bond acceptors (Lipinski definition) is 3. The smallest absolute Gasteiger partial charge is 0.423 e. The largest absolute Gasteiger partial charge is 0.488 e. The van der Waals surface area contributed by atoms with Gasteiger partial charge < -0.3 is 14.9 Å². The molecular formula is C15H24BNO3. The quantitative estimate of drug-likeness (QED) is 0.706. The van der Waals surface area contributed by atoms with Crippen LogP contribution in [-0.2, 0) is 0 Å². The number of unbranched alkanes of at least 4 members (excludes halogenated alkanes) is 2. The lowest BCUT2D eigenvalue weighted by Gasteiger charge is -2.22. The topological polar surface area (TPSA) is 60.8 Å². The molecular weight excluding hydrogens is 253 g/mol. The highest BCUT2D eigenvalue weighted by Crippen LogP contribution is 2.07. The predicted molar refractivity (Wildman–Crippen MR) is 82.0 cm³/mol. The molecule has 1 aromatic rings. The van der Waals surface area contributed by atoms with Crippen molar-refractivity contribution in [3.8, 4) is 0 Å². The van der Waals surface area contributed by atoms with Crippen LogP contribution in [0.3, 0.4) is 0 Å². The Labute approximate surface area is 121 Å². The molecule has 4 nitrogen and oxygen atoms in total. The third-order valence-corrected chi connectivity index (χ3v) is 3.31. The minimum atomic E-state index is -1.49. The molecule has 0 atom stereocenters. The summed E-state index contributed by atoms with van der Waals surface area (Å²) in [5.41, 5.74) is 0.997. The van der Waals surface area contributed by atoms with Crippen LogP contribution in [0.5, 0.6) is 0 Å². The summed E-state index contributed by atoms with van der Waals surface area (Å²) < 4.78 is 0. The van der Waals surface area contributed by atoms with Gasteiger partial charge >= 0.3 is 7.12 Å². The lowest BCUT2D eigenvalue weighted by atomic mass is 9.80. The summed E-state index contributed by atoms with van der Waals surface area (Å²) in [7, 11) is -1.49. The van der Waals surface area contributed by atoms with Crippen LogP contribution in [-0.4, -0.2) is 41.1 Å².